The summed E-state index contributed by atoms with van der Waals surface area (Å²) in [7, 11) is 1.22. The van der Waals surface area contributed by atoms with Crippen molar-refractivity contribution in [2.24, 2.45) is 5.73 Å². The largest absolute Gasteiger partial charge is 0.469 e. The van der Waals surface area contributed by atoms with Gasteiger partial charge in [-0.25, -0.2) is 8.78 Å². The standard InChI is InChI=1S/C10H11BrF2N2O2/c1-17-9(16)3-7-5(4-14)6(11)2-8(15-7)10(12)13/h2,10H,3-4,14H2,1H3. The van der Waals surface area contributed by atoms with Crippen molar-refractivity contribution in [3.05, 3.63) is 27.5 Å². The summed E-state index contributed by atoms with van der Waals surface area (Å²) in [5.74, 6) is -0.550. The molecule has 0 aliphatic heterocycles. The van der Waals surface area contributed by atoms with Crippen molar-refractivity contribution in [1.29, 1.82) is 0 Å². The normalized spacial score (nSPS) is 10.7. The van der Waals surface area contributed by atoms with Gasteiger partial charge in [0.1, 0.15) is 5.69 Å². The Bertz CT molecular complexity index is 427. The zero-order chi connectivity index (χ0) is 13.0. The first kappa shape index (κ1) is 14.0. The molecule has 1 aromatic rings. The molecule has 1 heterocycles. The van der Waals surface area contributed by atoms with E-state index < -0.39 is 18.1 Å². The van der Waals surface area contributed by atoms with Crippen molar-refractivity contribution in [1.82, 2.24) is 4.98 Å². The molecule has 2 N–H and O–H groups in total. The number of carbonyl (C=O) groups is 1. The lowest BCUT2D eigenvalue weighted by molar-refractivity contribution is -0.139. The van der Waals surface area contributed by atoms with E-state index in [1.165, 1.54) is 13.2 Å². The van der Waals surface area contributed by atoms with Crippen molar-refractivity contribution in [3.8, 4) is 0 Å². The number of nitrogens with zero attached hydrogens (tertiary/aromatic N) is 1. The number of hydrogen-bond acceptors (Lipinski definition) is 4. The lowest BCUT2D eigenvalue weighted by atomic mass is 10.1. The molecule has 0 saturated heterocycles. The summed E-state index contributed by atoms with van der Waals surface area (Å²) in [6, 6.07) is 1.20. The molecule has 0 aliphatic carbocycles. The fourth-order valence-corrected chi connectivity index (χ4v) is 1.92. The van der Waals surface area contributed by atoms with Crippen LogP contribution in [0, 0.1) is 0 Å². The third-order valence-corrected chi connectivity index (χ3v) is 2.85. The number of hydrogen-bond donors (Lipinski definition) is 1. The number of ether oxygens (including phenoxy) is 1. The number of halogens is 3. The van der Waals surface area contributed by atoms with Crippen LogP contribution in [0.15, 0.2) is 10.5 Å². The van der Waals surface area contributed by atoms with Gasteiger partial charge in [0.15, 0.2) is 0 Å². The number of methoxy groups -OCH3 is 1. The molecule has 17 heavy (non-hydrogen) atoms. The molecule has 0 atom stereocenters. The number of carbonyl (C=O) groups excluding carboxylic acids is 1. The van der Waals surface area contributed by atoms with Gasteiger partial charge >= 0.3 is 5.97 Å². The average Bonchev–Trinajstić information content (AvgIpc) is 2.28. The van der Waals surface area contributed by atoms with E-state index in [2.05, 4.69) is 25.7 Å². The van der Waals surface area contributed by atoms with Crippen LogP contribution in [-0.2, 0) is 22.5 Å². The molecule has 0 aromatic carbocycles. The third-order valence-electron chi connectivity index (χ3n) is 2.14. The smallest absolute Gasteiger partial charge is 0.311 e. The molecule has 7 heteroatoms. The van der Waals surface area contributed by atoms with Gasteiger partial charge in [0, 0.05) is 16.6 Å². The zero-order valence-electron chi connectivity index (χ0n) is 9.04. The molecule has 0 unspecified atom stereocenters. The Morgan fingerprint density at radius 1 is 1.65 bits per heavy atom. The lowest BCUT2D eigenvalue weighted by Crippen LogP contribution is -2.13. The van der Waals surface area contributed by atoms with Gasteiger partial charge in [-0.15, -0.1) is 0 Å². The van der Waals surface area contributed by atoms with Gasteiger partial charge in [-0.05, 0) is 6.07 Å². The van der Waals surface area contributed by atoms with Crippen molar-refractivity contribution in [3.63, 3.8) is 0 Å². The number of pyridine rings is 1. The molecular weight excluding hydrogens is 298 g/mol. The summed E-state index contributed by atoms with van der Waals surface area (Å²) in [4.78, 5) is 14.9. The highest BCUT2D eigenvalue weighted by molar-refractivity contribution is 9.10. The minimum absolute atomic E-state index is 0.101. The Morgan fingerprint density at radius 3 is 2.76 bits per heavy atom. The van der Waals surface area contributed by atoms with Crippen molar-refractivity contribution in [2.75, 3.05) is 7.11 Å². The lowest BCUT2D eigenvalue weighted by Gasteiger charge is -2.10. The van der Waals surface area contributed by atoms with Crippen molar-refractivity contribution >= 4 is 21.9 Å². The van der Waals surface area contributed by atoms with E-state index >= 15 is 0 Å². The average molecular weight is 309 g/mol. The Labute approximate surface area is 105 Å². The maximum atomic E-state index is 12.6. The third kappa shape index (κ3) is 3.44. The Hall–Kier alpha value is -1.08. The predicted molar refractivity (Wildman–Crippen MR) is 60.5 cm³/mol. The van der Waals surface area contributed by atoms with Crippen LogP contribution in [-0.4, -0.2) is 18.1 Å². The van der Waals surface area contributed by atoms with Gasteiger partial charge in [0.25, 0.3) is 6.43 Å². The van der Waals surface area contributed by atoms with Gasteiger partial charge in [0.05, 0.1) is 19.2 Å². The highest BCUT2D eigenvalue weighted by atomic mass is 79.9. The fraction of sp³-hybridized carbons (Fsp3) is 0.400. The molecule has 0 fully saturated rings. The molecule has 94 valence electrons. The van der Waals surface area contributed by atoms with Gasteiger partial charge < -0.3 is 10.5 Å². The monoisotopic (exact) mass is 308 g/mol. The SMILES string of the molecule is COC(=O)Cc1nc(C(F)F)cc(Br)c1CN. The number of alkyl halides is 2. The first-order valence-corrected chi connectivity index (χ1v) is 5.52. The number of aromatic nitrogens is 1. The summed E-state index contributed by atoms with van der Waals surface area (Å²) < 4.78 is 30.0. The summed E-state index contributed by atoms with van der Waals surface area (Å²) in [6.45, 7) is 0.101. The van der Waals surface area contributed by atoms with Gasteiger partial charge in [-0.2, -0.15) is 0 Å². The molecule has 0 spiro atoms. The van der Waals surface area contributed by atoms with E-state index in [1.807, 2.05) is 0 Å². The van der Waals surface area contributed by atoms with Crippen LogP contribution in [0.4, 0.5) is 8.78 Å². The Kier molecular flexibility index (Phi) is 4.95. The van der Waals surface area contributed by atoms with E-state index in [4.69, 9.17) is 5.73 Å². The summed E-state index contributed by atoms with van der Waals surface area (Å²) >= 11 is 3.13. The molecule has 0 saturated carbocycles. The number of rotatable bonds is 4. The van der Waals surface area contributed by atoms with Crippen molar-refractivity contribution in [2.45, 2.75) is 19.4 Å². The van der Waals surface area contributed by atoms with Gasteiger partial charge in [-0.3, -0.25) is 9.78 Å². The molecule has 1 rings (SSSR count). The molecule has 0 aliphatic rings. The first-order valence-electron chi connectivity index (χ1n) is 4.72. The molecule has 0 radical (unpaired) electrons. The van der Waals surface area contributed by atoms with E-state index in [9.17, 15) is 13.6 Å². The van der Waals surface area contributed by atoms with Crippen LogP contribution in [0.2, 0.25) is 0 Å². The Morgan fingerprint density at radius 2 is 2.29 bits per heavy atom. The van der Waals surface area contributed by atoms with E-state index in [-0.39, 0.29) is 18.7 Å². The first-order chi connectivity index (χ1) is 7.99. The van der Waals surface area contributed by atoms with Crippen LogP contribution in [0.1, 0.15) is 23.4 Å². The van der Waals surface area contributed by atoms with E-state index in [0.717, 1.165) is 0 Å². The van der Waals surface area contributed by atoms with Crippen molar-refractivity contribution < 1.29 is 18.3 Å². The van der Waals surface area contributed by atoms with Crippen LogP contribution in [0.3, 0.4) is 0 Å². The van der Waals surface area contributed by atoms with E-state index in [0.29, 0.717) is 10.0 Å². The Balaban J connectivity index is 3.19. The summed E-state index contributed by atoms with van der Waals surface area (Å²) in [5.41, 5.74) is 5.83. The maximum absolute atomic E-state index is 12.6. The fourth-order valence-electron chi connectivity index (χ4n) is 1.29. The van der Waals surface area contributed by atoms with Crippen LogP contribution in [0.5, 0.6) is 0 Å². The molecular formula is C10H11BrF2N2O2. The maximum Gasteiger partial charge on any atom is 0.311 e. The molecule has 0 bridgehead atoms. The topological polar surface area (TPSA) is 65.2 Å². The summed E-state index contributed by atoms with van der Waals surface area (Å²) in [6.07, 6.45) is -2.88. The predicted octanol–water partition coefficient (Wildman–Crippen LogP) is 1.96. The molecule has 1 aromatic heterocycles. The highest BCUT2D eigenvalue weighted by Crippen LogP contribution is 2.26. The molecule has 0 amide bonds. The highest BCUT2D eigenvalue weighted by Gasteiger charge is 2.17. The minimum Gasteiger partial charge on any atom is -0.469 e. The second-order valence-electron chi connectivity index (χ2n) is 3.21. The van der Waals surface area contributed by atoms with Crippen LogP contribution in [0.25, 0.3) is 0 Å². The quantitative estimate of drug-likeness (QED) is 0.864. The number of nitrogens with two attached hydrogens (primary N) is 1. The summed E-state index contributed by atoms with van der Waals surface area (Å²) in [5, 5.41) is 0. The number of esters is 1. The second-order valence-corrected chi connectivity index (χ2v) is 4.07. The van der Waals surface area contributed by atoms with E-state index in [1.54, 1.807) is 0 Å². The van der Waals surface area contributed by atoms with Gasteiger partial charge in [-0.1, -0.05) is 15.9 Å². The zero-order valence-corrected chi connectivity index (χ0v) is 10.6. The van der Waals surface area contributed by atoms with Gasteiger partial charge in [0.2, 0.25) is 0 Å². The van der Waals surface area contributed by atoms with Crippen LogP contribution < -0.4 is 5.73 Å². The van der Waals surface area contributed by atoms with Crippen LogP contribution >= 0.6 is 15.9 Å². The second kappa shape index (κ2) is 6.02. The minimum atomic E-state index is -2.70. The molecule has 4 nitrogen and oxygen atoms in total.